The minimum absolute atomic E-state index is 0.284. The van der Waals surface area contributed by atoms with Gasteiger partial charge in [0, 0.05) is 6.07 Å². The summed E-state index contributed by atoms with van der Waals surface area (Å²) in [6, 6.07) is 23.0. The van der Waals surface area contributed by atoms with Crippen molar-refractivity contribution in [2.24, 2.45) is 0 Å². The van der Waals surface area contributed by atoms with E-state index in [9.17, 15) is 18.0 Å². The molecule has 3 aromatic rings. The van der Waals surface area contributed by atoms with E-state index in [4.69, 9.17) is 0 Å². The number of hydrogen-bond acceptors (Lipinski definition) is 3. The molecule has 0 heterocycles. The number of esters is 1. The summed E-state index contributed by atoms with van der Waals surface area (Å²) in [6.45, 7) is 0. The summed E-state index contributed by atoms with van der Waals surface area (Å²) >= 11 is 0. The SMILES string of the molecule is COC(=O)c1ccc([S+](c2ccccc2)c2ccccc2)cc1OC(F)(F)F. The molecule has 3 rings (SSSR count). The van der Waals surface area contributed by atoms with E-state index >= 15 is 0 Å². The van der Waals surface area contributed by atoms with Crippen LogP contribution < -0.4 is 4.74 Å². The van der Waals surface area contributed by atoms with Gasteiger partial charge in [0.2, 0.25) is 0 Å². The van der Waals surface area contributed by atoms with Crippen LogP contribution in [0.2, 0.25) is 0 Å². The molecular formula is C21H16F3O3S+. The molecule has 0 unspecified atom stereocenters. The maximum absolute atomic E-state index is 12.9. The second kappa shape index (κ2) is 8.39. The molecule has 0 saturated carbocycles. The standard InChI is InChI=1S/C21H16F3O3S/c1-26-20(25)18-13-12-17(14-19(18)27-21(22,23)24)28(15-8-4-2-5-9-15)16-10-6-3-7-11-16/h2-14H,1H3/q+1. The van der Waals surface area contributed by atoms with Gasteiger partial charge >= 0.3 is 12.3 Å². The Labute approximate surface area is 163 Å². The molecule has 0 aliphatic heterocycles. The summed E-state index contributed by atoms with van der Waals surface area (Å²) in [4.78, 5) is 14.3. The van der Waals surface area contributed by atoms with Crippen molar-refractivity contribution >= 4 is 16.9 Å². The summed E-state index contributed by atoms with van der Waals surface area (Å²) in [7, 11) is 0.427. The molecule has 0 atom stereocenters. The first-order chi connectivity index (χ1) is 13.4. The van der Waals surface area contributed by atoms with Gasteiger partial charge in [0.15, 0.2) is 14.7 Å². The lowest BCUT2D eigenvalue weighted by Crippen LogP contribution is -2.20. The van der Waals surface area contributed by atoms with Crippen molar-refractivity contribution < 1.29 is 27.4 Å². The highest BCUT2D eigenvalue weighted by atomic mass is 32.2. The fraction of sp³-hybridized carbons (Fsp3) is 0.0952. The second-order valence-corrected chi connectivity index (χ2v) is 7.66. The largest absolute Gasteiger partial charge is 0.573 e. The molecule has 0 fully saturated rings. The Morgan fingerprint density at radius 2 is 1.36 bits per heavy atom. The quantitative estimate of drug-likeness (QED) is 0.417. The number of methoxy groups -OCH3 is 1. The van der Waals surface area contributed by atoms with Crippen molar-refractivity contribution in [3.8, 4) is 5.75 Å². The Balaban J connectivity index is 2.15. The molecule has 0 aliphatic carbocycles. The smallest absolute Gasteiger partial charge is 0.465 e. The van der Waals surface area contributed by atoms with Crippen molar-refractivity contribution in [1.29, 1.82) is 0 Å². The number of alkyl halides is 3. The lowest BCUT2D eigenvalue weighted by molar-refractivity contribution is -0.274. The molecule has 0 spiro atoms. The van der Waals surface area contributed by atoms with Crippen LogP contribution in [-0.4, -0.2) is 19.4 Å². The van der Waals surface area contributed by atoms with Crippen LogP contribution in [0, 0.1) is 0 Å². The Hall–Kier alpha value is -2.93. The maximum atomic E-state index is 12.9. The number of hydrogen-bond donors (Lipinski definition) is 0. The first-order valence-corrected chi connectivity index (χ1v) is 9.44. The number of carbonyl (C=O) groups excluding carboxylic acids is 1. The lowest BCUT2D eigenvalue weighted by atomic mass is 10.2. The number of ether oxygens (including phenoxy) is 2. The minimum atomic E-state index is -4.93. The van der Waals surface area contributed by atoms with Crippen molar-refractivity contribution in [3.63, 3.8) is 0 Å². The highest BCUT2D eigenvalue weighted by Crippen LogP contribution is 2.36. The predicted molar refractivity (Wildman–Crippen MR) is 99.5 cm³/mol. The number of halogens is 3. The van der Waals surface area contributed by atoms with Crippen LogP contribution in [0.3, 0.4) is 0 Å². The Morgan fingerprint density at radius 1 is 0.821 bits per heavy atom. The zero-order valence-electron chi connectivity index (χ0n) is 14.8. The van der Waals surface area contributed by atoms with Gasteiger partial charge in [-0.05, 0) is 36.4 Å². The number of rotatable bonds is 5. The maximum Gasteiger partial charge on any atom is 0.573 e. The molecule has 0 radical (unpaired) electrons. The fourth-order valence-corrected chi connectivity index (χ4v) is 4.74. The number of benzene rings is 3. The van der Waals surface area contributed by atoms with Gasteiger partial charge in [0.1, 0.15) is 11.3 Å². The zero-order valence-corrected chi connectivity index (χ0v) is 15.6. The molecule has 0 saturated heterocycles. The van der Waals surface area contributed by atoms with Crippen LogP contribution in [0.25, 0.3) is 0 Å². The van der Waals surface area contributed by atoms with Crippen LogP contribution in [0.4, 0.5) is 13.2 Å². The first-order valence-electron chi connectivity index (χ1n) is 8.21. The van der Waals surface area contributed by atoms with Crippen molar-refractivity contribution in [2.75, 3.05) is 7.11 Å². The summed E-state index contributed by atoms with van der Waals surface area (Å²) in [5, 5.41) is 0. The van der Waals surface area contributed by atoms with Crippen LogP contribution >= 0.6 is 0 Å². The van der Waals surface area contributed by atoms with Crippen molar-refractivity contribution in [3.05, 3.63) is 84.4 Å². The Kier molecular flexibility index (Phi) is 5.94. The zero-order chi connectivity index (χ0) is 20.1. The molecule has 7 heteroatoms. The first kappa shape index (κ1) is 19.8. The normalized spacial score (nSPS) is 11.3. The Bertz CT molecular complexity index is 905. The molecule has 28 heavy (non-hydrogen) atoms. The molecule has 0 bridgehead atoms. The lowest BCUT2D eigenvalue weighted by Gasteiger charge is -2.14. The van der Waals surface area contributed by atoms with Gasteiger partial charge in [-0.3, -0.25) is 0 Å². The van der Waals surface area contributed by atoms with E-state index in [2.05, 4.69) is 9.47 Å². The molecule has 3 aromatic carbocycles. The highest BCUT2D eigenvalue weighted by Gasteiger charge is 2.36. The minimum Gasteiger partial charge on any atom is -0.465 e. The molecule has 144 valence electrons. The van der Waals surface area contributed by atoms with Crippen LogP contribution in [0.5, 0.6) is 5.75 Å². The van der Waals surface area contributed by atoms with Gasteiger partial charge in [-0.25, -0.2) is 4.79 Å². The molecule has 0 aliphatic rings. The van der Waals surface area contributed by atoms with E-state index in [1.54, 1.807) is 6.07 Å². The highest BCUT2D eigenvalue weighted by molar-refractivity contribution is 7.97. The van der Waals surface area contributed by atoms with Crippen LogP contribution in [0.15, 0.2) is 93.5 Å². The Morgan fingerprint density at radius 3 is 1.82 bits per heavy atom. The molecular weight excluding hydrogens is 389 g/mol. The predicted octanol–water partition coefficient (Wildman–Crippen LogP) is 5.47. The van der Waals surface area contributed by atoms with E-state index in [1.165, 1.54) is 12.1 Å². The molecule has 0 N–H and O–H groups in total. The van der Waals surface area contributed by atoms with E-state index in [0.29, 0.717) is 4.90 Å². The second-order valence-electron chi connectivity index (χ2n) is 5.63. The van der Waals surface area contributed by atoms with Gasteiger partial charge in [0.25, 0.3) is 0 Å². The van der Waals surface area contributed by atoms with E-state index in [1.807, 2.05) is 60.7 Å². The fourth-order valence-electron chi connectivity index (χ4n) is 2.64. The van der Waals surface area contributed by atoms with Gasteiger partial charge in [-0.2, -0.15) is 0 Å². The van der Waals surface area contributed by atoms with Crippen molar-refractivity contribution in [1.82, 2.24) is 0 Å². The topological polar surface area (TPSA) is 35.5 Å². The van der Waals surface area contributed by atoms with Gasteiger partial charge in [-0.1, -0.05) is 36.4 Å². The van der Waals surface area contributed by atoms with Gasteiger partial charge in [0.05, 0.1) is 18.0 Å². The summed E-state index contributed by atoms with van der Waals surface area (Å²) in [5.41, 5.74) is -0.284. The summed E-state index contributed by atoms with van der Waals surface area (Å²) < 4.78 is 47.4. The molecule has 0 aromatic heterocycles. The third-order valence-corrected chi connectivity index (χ3v) is 5.99. The third-order valence-electron chi connectivity index (χ3n) is 3.78. The average Bonchev–Trinajstić information content (AvgIpc) is 2.68. The van der Waals surface area contributed by atoms with E-state index < -0.39 is 29.0 Å². The molecule has 0 amide bonds. The van der Waals surface area contributed by atoms with Gasteiger partial charge in [-0.15, -0.1) is 13.2 Å². The average molecular weight is 405 g/mol. The van der Waals surface area contributed by atoms with Crippen molar-refractivity contribution in [2.45, 2.75) is 21.0 Å². The van der Waals surface area contributed by atoms with Crippen LogP contribution in [0.1, 0.15) is 10.4 Å². The van der Waals surface area contributed by atoms with Gasteiger partial charge < -0.3 is 9.47 Å². The van der Waals surface area contributed by atoms with Crippen LogP contribution in [-0.2, 0) is 15.6 Å². The monoisotopic (exact) mass is 405 g/mol. The third kappa shape index (κ3) is 4.67. The number of carbonyl (C=O) groups is 1. The van der Waals surface area contributed by atoms with E-state index in [-0.39, 0.29) is 5.56 Å². The molecule has 3 nitrogen and oxygen atoms in total. The summed E-state index contributed by atoms with van der Waals surface area (Å²) in [5.74, 6) is -1.48. The van der Waals surface area contributed by atoms with E-state index in [0.717, 1.165) is 16.9 Å². The summed E-state index contributed by atoms with van der Waals surface area (Å²) in [6.07, 6.45) is -4.93.